The van der Waals surface area contributed by atoms with E-state index < -0.39 is 0 Å². The summed E-state index contributed by atoms with van der Waals surface area (Å²) < 4.78 is 0. The van der Waals surface area contributed by atoms with Gasteiger partial charge in [0.2, 0.25) is 0 Å². The van der Waals surface area contributed by atoms with Crippen LogP contribution in [0.2, 0.25) is 5.15 Å². The van der Waals surface area contributed by atoms with Crippen LogP contribution < -0.4 is 5.32 Å². The first kappa shape index (κ1) is 14.2. The summed E-state index contributed by atoms with van der Waals surface area (Å²) in [4.78, 5) is 8.48. The summed E-state index contributed by atoms with van der Waals surface area (Å²) in [6.07, 6.45) is 3.20. The van der Waals surface area contributed by atoms with Gasteiger partial charge in [0, 0.05) is 19.0 Å². The molecule has 17 heavy (non-hydrogen) atoms. The zero-order chi connectivity index (χ0) is 12.7. The van der Waals surface area contributed by atoms with Crippen LogP contribution in [0.4, 0.5) is 5.82 Å². The maximum Gasteiger partial charge on any atom is 0.134 e. The molecule has 1 rings (SSSR count). The minimum absolute atomic E-state index is 0.344. The van der Waals surface area contributed by atoms with Gasteiger partial charge in [0.15, 0.2) is 0 Å². The molecule has 0 aliphatic heterocycles. The molecule has 0 amide bonds. The Bertz CT molecular complexity index is 347. The van der Waals surface area contributed by atoms with Gasteiger partial charge < -0.3 is 10.4 Å². The van der Waals surface area contributed by atoms with E-state index in [4.69, 9.17) is 11.6 Å². The van der Waals surface area contributed by atoms with E-state index in [1.165, 1.54) is 0 Å². The Kier molecular flexibility index (Phi) is 6.22. The van der Waals surface area contributed by atoms with Gasteiger partial charge in [-0.05, 0) is 12.8 Å². The number of aliphatic hydroxyl groups excluding tert-OH is 1. The van der Waals surface area contributed by atoms with Crippen molar-refractivity contribution in [3.63, 3.8) is 0 Å². The molecule has 1 aromatic rings. The maximum absolute atomic E-state index is 9.61. The van der Waals surface area contributed by atoms with Gasteiger partial charge in [-0.1, -0.05) is 31.9 Å². The van der Waals surface area contributed by atoms with Gasteiger partial charge in [-0.3, -0.25) is 0 Å². The first-order chi connectivity index (χ1) is 8.15. The van der Waals surface area contributed by atoms with Crippen LogP contribution in [0.15, 0.2) is 6.07 Å². The molecule has 1 atom stereocenters. The van der Waals surface area contributed by atoms with E-state index in [1.54, 1.807) is 6.07 Å². The van der Waals surface area contributed by atoms with E-state index in [0.29, 0.717) is 17.5 Å². The summed E-state index contributed by atoms with van der Waals surface area (Å²) in [7, 11) is 0. The molecule has 2 N–H and O–H groups in total. The lowest BCUT2D eigenvalue weighted by atomic mass is 10.2. The van der Waals surface area contributed by atoms with Crippen LogP contribution in [0.5, 0.6) is 0 Å². The van der Waals surface area contributed by atoms with Gasteiger partial charge in [-0.15, -0.1) is 0 Å². The normalized spacial score (nSPS) is 12.5. The average molecular weight is 258 g/mol. The van der Waals surface area contributed by atoms with Crippen LogP contribution in [-0.2, 0) is 6.42 Å². The Hall–Kier alpha value is -0.870. The van der Waals surface area contributed by atoms with Gasteiger partial charge in [0.25, 0.3) is 0 Å². The summed E-state index contributed by atoms with van der Waals surface area (Å²) in [5, 5.41) is 13.1. The van der Waals surface area contributed by atoms with E-state index in [9.17, 15) is 5.11 Å². The second kappa shape index (κ2) is 7.45. The number of aromatic nitrogens is 2. The fourth-order valence-corrected chi connectivity index (χ4v) is 1.75. The number of nitrogens with zero attached hydrogens (tertiary/aromatic N) is 2. The van der Waals surface area contributed by atoms with Crippen molar-refractivity contribution in [3.05, 3.63) is 17.0 Å². The van der Waals surface area contributed by atoms with Crippen molar-refractivity contribution in [1.29, 1.82) is 0 Å². The van der Waals surface area contributed by atoms with E-state index >= 15 is 0 Å². The lowest BCUT2D eigenvalue weighted by Gasteiger charge is -2.11. The van der Waals surface area contributed by atoms with Crippen LogP contribution in [0.3, 0.4) is 0 Å². The first-order valence-electron chi connectivity index (χ1n) is 6.11. The second-order valence-electron chi connectivity index (χ2n) is 4.07. The van der Waals surface area contributed by atoms with Crippen LogP contribution in [0.25, 0.3) is 0 Å². The van der Waals surface area contributed by atoms with Gasteiger partial charge in [0.1, 0.15) is 16.8 Å². The molecule has 0 saturated carbocycles. The predicted octanol–water partition coefficient (Wildman–Crippen LogP) is 2.66. The minimum Gasteiger partial charge on any atom is -0.391 e. The molecular formula is C12H20ClN3O. The summed E-state index contributed by atoms with van der Waals surface area (Å²) in [6.45, 7) is 4.61. The van der Waals surface area contributed by atoms with Crippen molar-refractivity contribution in [1.82, 2.24) is 9.97 Å². The van der Waals surface area contributed by atoms with Gasteiger partial charge in [0.05, 0.1) is 6.10 Å². The molecule has 1 heterocycles. The summed E-state index contributed by atoms with van der Waals surface area (Å²) >= 11 is 5.91. The lowest BCUT2D eigenvalue weighted by Crippen LogP contribution is -2.19. The van der Waals surface area contributed by atoms with Crippen molar-refractivity contribution in [3.8, 4) is 0 Å². The van der Waals surface area contributed by atoms with Crippen molar-refractivity contribution in [2.45, 2.75) is 45.6 Å². The molecule has 0 aliphatic rings. The monoisotopic (exact) mass is 257 g/mol. The maximum atomic E-state index is 9.61. The molecule has 5 heteroatoms. The third-order valence-corrected chi connectivity index (χ3v) is 2.55. The lowest BCUT2D eigenvalue weighted by molar-refractivity contribution is 0.176. The first-order valence-corrected chi connectivity index (χ1v) is 6.48. The van der Waals surface area contributed by atoms with Crippen molar-refractivity contribution in [2.24, 2.45) is 0 Å². The summed E-state index contributed by atoms with van der Waals surface area (Å²) in [5.74, 6) is 1.43. The van der Waals surface area contributed by atoms with Crippen molar-refractivity contribution < 1.29 is 5.11 Å². The molecule has 0 radical (unpaired) electrons. The van der Waals surface area contributed by atoms with Gasteiger partial charge in [-0.25, -0.2) is 9.97 Å². The van der Waals surface area contributed by atoms with Gasteiger partial charge in [-0.2, -0.15) is 0 Å². The molecule has 1 aromatic heterocycles. The minimum atomic E-state index is -0.344. The Balaban J connectivity index is 2.57. The van der Waals surface area contributed by atoms with Gasteiger partial charge >= 0.3 is 0 Å². The second-order valence-corrected chi connectivity index (χ2v) is 4.45. The third kappa shape index (κ3) is 5.33. The standard InChI is InChI=1S/C12H20ClN3O/c1-3-5-9(17)8-14-12-7-10(13)15-11(16-12)6-4-2/h7,9,17H,3-6,8H2,1-2H3,(H,14,15,16). The highest BCUT2D eigenvalue weighted by molar-refractivity contribution is 6.29. The zero-order valence-corrected chi connectivity index (χ0v) is 11.2. The van der Waals surface area contributed by atoms with Crippen LogP contribution >= 0.6 is 11.6 Å². The summed E-state index contributed by atoms with van der Waals surface area (Å²) in [6, 6.07) is 1.68. The Morgan fingerprint density at radius 1 is 1.35 bits per heavy atom. The molecule has 4 nitrogen and oxygen atoms in total. The highest BCUT2D eigenvalue weighted by atomic mass is 35.5. The van der Waals surface area contributed by atoms with Crippen LogP contribution in [0.1, 0.15) is 38.9 Å². The number of rotatable bonds is 7. The summed E-state index contributed by atoms with van der Waals surface area (Å²) in [5.41, 5.74) is 0. The smallest absolute Gasteiger partial charge is 0.134 e. The molecular weight excluding hydrogens is 238 g/mol. The quantitative estimate of drug-likeness (QED) is 0.738. The van der Waals surface area contributed by atoms with Crippen molar-refractivity contribution >= 4 is 17.4 Å². The van der Waals surface area contributed by atoms with Crippen molar-refractivity contribution in [2.75, 3.05) is 11.9 Å². The number of nitrogens with one attached hydrogen (secondary N) is 1. The molecule has 0 aliphatic carbocycles. The van der Waals surface area contributed by atoms with E-state index in [2.05, 4.69) is 22.2 Å². The van der Waals surface area contributed by atoms with E-state index in [1.807, 2.05) is 6.92 Å². The molecule has 0 aromatic carbocycles. The predicted molar refractivity (Wildman–Crippen MR) is 70.4 cm³/mol. The van der Waals surface area contributed by atoms with E-state index in [0.717, 1.165) is 31.5 Å². The molecule has 1 unspecified atom stereocenters. The largest absolute Gasteiger partial charge is 0.391 e. The fourth-order valence-electron chi connectivity index (χ4n) is 1.55. The molecule has 0 saturated heterocycles. The zero-order valence-electron chi connectivity index (χ0n) is 10.4. The highest BCUT2D eigenvalue weighted by Crippen LogP contribution is 2.12. The molecule has 0 spiro atoms. The topological polar surface area (TPSA) is 58.0 Å². The Morgan fingerprint density at radius 3 is 2.76 bits per heavy atom. The molecule has 0 bridgehead atoms. The number of halogens is 1. The Labute approximate surface area is 107 Å². The number of hydrogen-bond donors (Lipinski definition) is 2. The Morgan fingerprint density at radius 2 is 2.12 bits per heavy atom. The number of anilines is 1. The molecule has 0 fully saturated rings. The highest BCUT2D eigenvalue weighted by Gasteiger charge is 2.05. The number of hydrogen-bond acceptors (Lipinski definition) is 4. The molecule has 96 valence electrons. The van der Waals surface area contributed by atoms with Crippen LogP contribution in [0, 0.1) is 0 Å². The fraction of sp³-hybridized carbons (Fsp3) is 0.667. The van der Waals surface area contributed by atoms with Crippen LogP contribution in [-0.4, -0.2) is 27.7 Å². The average Bonchev–Trinajstić information content (AvgIpc) is 2.26. The van der Waals surface area contributed by atoms with E-state index in [-0.39, 0.29) is 6.10 Å². The number of aliphatic hydroxyl groups is 1. The number of aryl methyl sites for hydroxylation is 1. The SMILES string of the molecule is CCCc1nc(Cl)cc(NCC(O)CCC)n1. The third-order valence-electron chi connectivity index (χ3n) is 2.36.